The first-order valence-corrected chi connectivity index (χ1v) is 13.8. The third kappa shape index (κ3) is 5.03. The second-order valence-corrected chi connectivity index (χ2v) is 11.9. The fraction of sp³-hybridized carbons (Fsp3) is 0.348. The predicted octanol–water partition coefficient (Wildman–Crippen LogP) is 2.20. The highest BCUT2D eigenvalue weighted by molar-refractivity contribution is 7.92. The van der Waals surface area contributed by atoms with Crippen molar-refractivity contribution < 1.29 is 21.6 Å². The van der Waals surface area contributed by atoms with Gasteiger partial charge >= 0.3 is 0 Å². The molecule has 8 nitrogen and oxygen atoms in total. The van der Waals surface area contributed by atoms with Crippen LogP contribution < -0.4 is 9.62 Å². The molecule has 0 bridgehead atoms. The van der Waals surface area contributed by atoms with E-state index in [1.165, 1.54) is 22.8 Å². The van der Waals surface area contributed by atoms with Crippen LogP contribution >= 0.6 is 0 Å². The lowest BCUT2D eigenvalue weighted by Crippen LogP contribution is -2.43. The van der Waals surface area contributed by atoms with Gasteiger partial charge in [-0.05, 0) is 61.7 Å². The molecule has 176 valence electrons. The molecule has 33 heavy (non-hydrogen) atoms. The van der Waals surface area contributed by atoms with Crippen molar-refractivity contribution in [2.45, 2.75) is 24.2 Å². The zero-order valence-corrected chi connectivity index (χ0v) is 20.0. The molecule has 0 spiro atoms. The molecule has 1 saturated heterocycles. The average Bonchev–Trinajstić information content (AvgIpc) is 3.26. The Hall–Kier alpha value is -2.53. The van der Waals surface area contributed by atoms with E-state index in [4.69, 9.17) is 0 Å². The van der Waals surface area contributed by atoms with Gasteiger partial charge in [-0.25, -0.2) is 21.6 Å². The summed E-state index contributed by atoms with van der Waals surface area (Å²) < 4.78 is 53.2. The van der Waals surface area contributed by atoms with E-state index in [1.807, 2.05) is 30.3 Å². The molecule has 2 aliphatic heterocycles. The Morgan fingerprint density at radius 1 is 1.00 bits per heavy atom. The molecular formula is C23H27N3O5S2. The molecule has 1 amide bonds. The second-order valence-electron chi connectivity index (χ2n) is 8.17. The lowest BCUT2D eigenvalue weighted by molar-refractivity contribution is -0.123. The molecule has 2 aliphatic rings. The van der Waals surface area contributed by atoms with Crippen LogP contribution in [0.1, 0.15) is 24.0 Å². The highest BCUT2D eigenvalue weighted by Gasteiger charge is 2.35. The van der Waals surface area contributed by atoms with Crippen molar-refractivity contribution in [2.75, 3.05) is 31.6 Å². The van der Waals surface area contributed by atoms with Crippen LogP contribution in [0.25, 0.3) is 6.08 Å². The summed E-state index contributed by atoms with van der Waals surface area (Å²) in [6.07, 6.45) is 3.08. The molecule has 2 aromatic carbocycles. The van der Waals surface area contributed by atoms with Crippen molar-refractivity contribution in [1.82, 2.24) is 9.03 Å². The summed E-state index contributed by atoms with van der Waals surface area (Å²) in [5, 5.41) is 1.22. The fourth-order valence-corrected chi connectivity index (χ4v) is 6.29. The first-order valence-electron chi connectivity index (χ1n) is 10.8. The van der Waals surface area contributed by atoms with E-state index in [-0.39, 0.29) is 29.8 Å². The number of anilines is 1. The van der Waals surface area contributed by atoms with Gasteiger partial charge in [0.2, 0.25) is 26.0 Å². The van der Waals surface area contributed by atoms with Gasteiger partial charge in [0.1, 0.15) is 0 Å². The van der Waals surface area contributed by atoms with Crippen molar-refractivity contribution in [1.29, 1.82) is 0 Å². The molecule has 2 heterocycles. The SMILES string of the molecule is CNS(=O)(=O)c1ccc2c(c1)CCN2C(=O)C1CCN(S(=O)(=O)/C=C/c2ccccc2)CC1. The van der Waals surface area contributed by atoms with E-state index >= 15 is 0 Å². The number of hydrogen-bond acceptors (Lipinski definition) is 5. The number of benzene rings is 2. The summed E-state index contributed by atoms with van der Waals surface area (Å²) >= 11 is 0. The number of carbonyl (C=O) groups is 1. The Labute approximate surface area is 195 Å². The van der Waals surface area contributed by atoms with Crippen molar-refractivity contribution in [3.63, 3.8) is 0 Å². The van der Waals surface area contributed by atoms with Crippen LogP contribution in [-0.2, 0) is 31.3 Å². The van der Waals surface area contributed by atoms with Crippen LogP contribution in [0.2, 0.25) is 0 Å². The van der Waals surface area contributed by atoms with Crippen LogP contribution in [0.15, 0.2) is 58.8 Å². The summed E-state index contributed by atoms with van der Waals surface area (Å²) in [5.74, 6) is -0.295. The van der Waals surface area contributed by atoms with Crippen molar-refractivity contribution in [3.8, 4) is 0 Å². The third-order valence-corrected chi connectivity index (χ3v) is 9.16. The minimum absolute atomic E-state index is 0.0325. The predicted molar refractivity (Wildman–Crippen MR) is 127 cm³/mol. The number of rotatable bonds is 6. The first-order chi connectivity index (χ1) is 15.7. The Kier molecular flexibility index (Phi) is 6.71. The minimum atomic E-state index is -3.55. The van der Waals surface area contributed by atoms with E-state index in [1.54, 1.807) is 23.1 Å². The van der Waals surface area contributed by atoms with Gasteiger partial charge in [0.25, 0.3) is 0 Å². The number of nitrogens with zero attached hydrogens (tertiary/aromatic N) is 2. The third-order valence-electron chi connectivity index (χ3n) is 6.19. The highest BCUT2D eigenvalue weighted by Crippen LogP contribution is 2.33. The lowest BCUT2D eigenvalue weighted by atomic mass is 9.96. The van der Waals surface area contributed by atoms with Crippen LogP contribution in [0.4, 0.5) is 5.69 Å². The number of carbonyl (C=O) groups excluding carboxylic acids is 1. The van der Waals surface area contributed by atoms with Gasteiger partial charge in [0.05, 0.1) is 4.90 Å². The van der Waals surface area contributed by atoms with Gasteiger partial charge in [-0.2, -0.15) is 4.31 Å². The molecule has 0 unspecified atom stereocenters. The molecule has 0 saturated carbocycles. The van der Waals surface area contributed by atoms with Gasteiger partial charge in [-0.15, -0.1) is 0 Å². The van der Waals surface area contributed by atoms with Gasteiger partial charge < -0.3 is 4.90 Å². The lowest BCUT2D eigenvalue weighted by Gasteiger charge is -2.32. The Morgan fingerprint density at radius 2 is 1.70 bits per heavy atom. The molecule has 1 fully saturated rings. The fourth-order valence-electron chi connectivity index (χ4n) is 4.28. The van der Waals surface area contributed by atoms with Crippen molar-refractivity contribution in [3.05, 3.63) is 65.1 Å². The van der Waals surface area contributed by atoms with E-state index < -0.39 is 20.0 Å². The summed E-state index contributed by atoms with van der Waals surface area (Å²) in [4.78, 5) is 15.1. The molecule has 0 aromatic heterocycles. The largest absolute Gasteiger partial charge is 0.312 e. The monoisotopic (exact) mass is 489 g/mol. The number of hydrogen-bond donors (Lipinski definition) is 1. The first kappa shape index (κ1) is 23.6. The van der Waals surface area contributed by atoms with E-state index in [0.717, 1.165) is 16.8 Å². The zero-order chi connectivity index (χ0) is 23.6. The number of piperidine rings is 1. The quantitative estimate of drug-likeness (QED) is 0.670. The molecule has 0 aliphatic carbocycles. The van der Waals surface area contributed by atoms with Crippen LogP contribution in [-0.4, -0.2) is 53.7 Å². The number of fused-ring (bicyclic) bond motifs is 1. The molecule has 4 rings (SSSR count). The molecule has 10 heteroatoms. The molecule has 1 N–H and O–H groups in total. The van der Waals surface area contributed by atoms with Crippen molar-refractivity contribution >= 4 is 37.7 Å². The molecule has 0 atom stereocenters. The summed E-state index contributed by atoms with van der Waals surface area (Å²) in [6, 6.07) is 14.0. The second kappa shape index (κ2) is 9.38. The van der Waals surface area contributed by atoms with Crippen molar-refractivity contribution in [2.24, 2.45) is 5.92 Å². The maximum Gasteiger partial charge on any atom is 0.240 e. The maximum absolute atomic E-state index is 13.2. The van der Waals surface area contributed by atoms with Crippen LogP contribution in [0, 0.1) is 5.92 Å². The molecule has 0 radical (unpaired) electrons. The highest BCUT2D eigenvalue weighted by atomic mass is 32.2. The number of sulfonamides is 2. The van der Waals surface area contributed by atoms with Gasteiger partial charge in [-0.1, -0.05) is 30.3 Å². The normalized spacial score (nSPS) is 18.0. The van der Waals surface area contributed by atoms with E-state index in [2.05, 4.69) is 4.72 Å². The van der Waals surface area contributed by atoms with Crippen LogP contribution in [0.5, 0.6) is 0 Å². The summed E-state index contributed by atoms with van der Waals surface area (Å²) in [6.45, 7) is 1.07. The number of nitrogens with one attached hydrogen (secondary N) is 1. The summed E-state index contributed by atoms with van der Waals surface area (Å²) in [5.41, 5.74) is 2.37. The minimum Gasteiger partial charge on any atom is -0.312 e. The maximum atomic E-state index is 13.2. The Bertz CT molecular complexity index is 1270. The van der Waals surface area contributed by atoms with Gasteiger partial charge in [0, 0.05) is 36.6 Å². The molecular weight excluding hydrogens is 462 g/mol. The van der Waals surface area contributed by atoms with E-state index in [9.17, 15) is 21.6 Å². The van der Waals surface area contributed by atoms with Gasteiger partial charge in [0.15, 0.2) is 0 Å². The van der Waals surface area contributed by atoms with Gasteiger partial charge in [-0.3, -0.25) is 4.79 Å². The molecule has 2 aromatic rings. The average molecular weight is 490 g/mol. The smallest absolute Gasteiger partial charge is 0.240 e. The Morgan fingerprint density at radius 3 is 2.36 bits per heavy atom. The number of amides is 1. The van der Waals surface area contributed by atoms with E-state index in [0.29, 0.717) is 25.8 Å². The topological polar surface area (TPSA) is 104 Å². The van der Waals surface area contributed by atoms with Crippen LogP contribution in [0.3, 0.4) is 0 Å². The summed E-state index contributed by atoms with van der Waals surface area (Å²) in [7, 11) is -5.73. The Balaban J connectivity index is 1.40. The zero-order valence-electron chi connectivity index (χ0n) is 18.3. The standard InChI is InChI=1S/C23H27N3O5S2/c1-24-33(30,31)21-7-8-22-20(17-21)11-15-26(22)23(27)19-9-13-25(14-10-19)32(28,29)16-12-18-5-3-2-4-6-18/h2-8,12,16-17,19,24H,9-11,13-15H2,1H3/b16-12+.